The first-order chi connectivity index (χ1) is 11.7. The highest BCUT2D eigenvalue weighted by atomic mass is 16.1. The zero-order chi connectivity index (χ0) is 16.8. The van der Waals surface area contributed by atoms with Crippen LogP contribution in [0.1, 0.15) is 12.0 Å². The van der Waals surface area contributed by atoms with Crippen LogP contribution in [0, 0.1) is 0 Å². The van der Waals surface area contributed by atoms with Gasteiger partial charge in [0, 0.05) is 18.6 Å². The molecule has 2 unspecified atom stereocenters. The summed E-state index contributed by atoms with van der Waals surface area (Å²) in [5.41, 5.74) is 8.94. The van der Waals surface area contributed by atoms with Gasteiger partial charge < -0.3 is 16.4 Å². The van der Waals surface area contributed by atoms with E-state index in [-0.39, 0.29) is 24.5 Å². The largest absolute Gasteiger partial charge is 0.351 e. The predicted octanol–water partition coefficient (Wildman–Crippen LogP) is 2.17. The molecule has 4 N–H and O–H groups in total. The van der Waals surface area contributed by atoms with Gasteiger partial charge >= 0.3 is 0 Å². The normalized spacial score (nSPS) is 20.4. The number of amides is 1. The maximum atomic E-state index is 11.3. The lowest BCUT2D eigenvalue weighted by atomic mass is 10.0. The first-order valence-electron chi connectivity index (χ1n) is 8.31. The molecule has 4 heteroatoms. The fraction of sp³-hybridized carbons (Fsp3) is 0.250. The van der Waals surface area contributed by atoms with Crippen LogP contribution in [0.2, 0.25) is 0 Å². The topological polar surface area (TPSA) is 67.2 Å². The number of benzene rings is 2. The number of rotatable bonds is 5. The summed E-state index contributed by atoms with van der Waals surface area (Å²) in [6, 6.07) is 19.3. The molecule has 2 aromatic carbocycles. The van der Waals surface area contributed by atoms with E-state index in [0.717, 1.165) is 13.0 Å². The van der Waals surface area contributed by atoms with Crippen LogP contribution in [0.15, 0.2) is 60.7 Å². The molecule has 0 spiro atoms. The van der Waals surface area contributed by atoms with Gasteiger partial charge in [-0.1, -0.05) is 66.7 Å². The second kappa shape index (κ2) is 7.90. The van der Waals surface area contributed by atoms with Crippen molar-refractivity contribution in [2.45, 2.75) is 18.5 Å². The van der Waals surface area contributed by atoms with E-state index in [1.165, 1.54) is 16.7 Å². The highest BCUT2D eigenvalue weighted by molar-refractivity contribution is 5.78. The van der Waals surface area contributed by atoms with Gasteiger partial charge in [0.25, 0.3) is 0 Å². The zero-order valence-electron chi connectivity index (χ0n) is 13.6. The van der Waals surface area contributed by atoms with E-state index >= 15 is 0 Å². The van der Waals surface area contributed by atoms with Crippen molar-refractivity contribution < 1.29 is 4.79 Å². The van der Waals surface area contributed by atoms with Crippen LogP contribution >= 0.6 is 0 Å². The summed E-state index contributed by atoms with van der Waals surface area (Å²) in [6.07, 6.45) is 5.18. The van der Waals surface area contributed by atoms with Crippen molar-refractivity contribution in [1.82, 2.24) is 10.6 Å². The van der Waals surface area contributed by atoms with E-state index in [0.29, 0.717) is 0 Å². The third-order valence-electron chi connectivity index (χ3n) is 4.25. The van der Waals surface area contributed by atoms with Gasteiger partial charge in [0.05, 0.1) is 6.54 Å². The molecule has 2 atom stereocenters. The number of carbonyl (C=O) groups excluding carboxylic acids is 1. The van der Waals surface area contributed by atoms with Crippen LogP contribution in [-0.4, -0.2) is 31.1 Å². The quantitative estimate of drug-likeness (QED) is 0.791. The van der Waals surface area contributed by atoms with Gasteiger partial charge in [-0.05, 0) is 23.1 Å². The third-order valence-corrected chi connectivity index (χ3v) is 4.25. The molecule has 1 heterocycles. The summed E-state index contributed by atoms with van der Waals surface area (Å²) in [4.78, 5) is 11.3. The molecule has 0 bridgehead atoms. The molecular formula is C20H23N3O. The Kier molecular flexibility index (Phi) is 5.41. The van der Waals surface area contributed by atoms with Crippen LogP contribution in [0.5, 0.6) is 0 Å². The number of nitrogens with two attached hydrogens (primary N) is 1. The van der Waals surface area contributed by atoms with E-state index in [1.54, 1.807) is 0 Å². The van der Waals surface area contributed by atoms with Crippen molar-refractivity contribution in [2.75, 3.05) is 13.1 Å². The number of hydrogen-bond donors (Lipinski definition) is 3. The van der Waals surface area contributed by atoms with E-state index in [2.05, 4.69) is 71.3 Å². The summed E-state index contributed by atoms with van der Waals surface area (Å²) in [6.45, 7) is 0.832. The Bertz CT molecular complexity index is 695. The summed E-state index contributed by atoms with van der Waals surface area (Å²) < 4.78 is 0. The minimum atomic E-state index is -0.0945. The average molecular weight is 321 g/mol. The summed E-state index contributed by atoms with van der Waals surface area (Å²) >= 11 is 0. The second-order valence-electron chi connectivity index (χ2n) is 6.07. The molecule has 1 fully saturated rings. The molecule has 1 amide bonds. The molecular weight excluding hydrogens is 298 g/mol. The van der Waals surface area contributed by atoms with Crippen molar-refractivity contribution in [2.24, 2.45) is 5.73 Å². The van der Waals surface area contributed by atoms with Gasteiger partial charge in [-0.2, -0.15) is 0 Å². The molecule has 1 aliphatic heterocycles. The monoisotopic (exact) mass is 321 g/mol. The average Bonchev–Trinajstić information content (AvgIpc) is 3.08. The van der Waals surface area contributed by atoms with Crippen molar-refractivity contribution in [3.63, 3.8) is 0 Å². The Morgan fingerprint density at radius 1 is 1.12 bits per heavy atom. The van der Waals surface area contributed by atoms with Crippen LogP contribution in [0.4, 0.5) is 0 Å². The fourth-order valence-electron chi connectivity index (χ4n) is 2.95. The minimum absolute atomic E-state index is 0.0464. The van der Waals surface area contributed by atoms with E-state index in [4.69, 9.17) is 5.73 Å². The van der Waals surface area contributed by atoms with E-state index in [9.17, 15) is 4.79 Å². The number of hydrogen-bond acceptors (Lipinski definition) is 3. The molecule has 124 valence electrons. The number of nitrogens with one attached hydrogen (secondary N) is 2. The minimum Gasteiger partial charge on any atom is -0.351 e. The highest BCUT2D eigenvalue weighted by Crippen LogP contribution is 2.20. The molecule has 2 aromatic rings. The van der Waals surface area contributed by atoms with Gasteiger partial charge in [0.2, 0.25) is 5.91 Å². The lowest BCUT2D eigenvalue weighted by Crippen LogP contribution is -2.39. The van der Waals surface area contributed by atoms with Crippen LogP contribution < -0.4 is 16.4 Å². The molecule has 1 aliphatic rings. The van der Waals surface area contributed by atoms with Crippen molar-refractivity contribution in [1.29, 1.82) is 0 Å². The Morgan fingerprint density at radius 2 is 1.83 bits per heavy atom. The van der Waals surface area contributed by atoms with Crippen molar-refractivity contribution >= 4 is 12.0 Å². The lowest BCUT2D eigenvalue weighted by molar-refractivity contribution is -0.120. The van der Waals surface area contributed by atoms with Gasteiger partial charge in [-0.3, -0.25) is 4.79 Å². The Morgan fingerprint density at radius 3 is 2.54 bits per heavy atom. The SMILES string of the molecule is NCC(=O)NC1CNC(/C=C/c2ccc(-c3ccccc3)cc2)C1. The third kappa shape index (κ3) is 4.31. The van der Waals surface area contributed by atoms with Crippen LogP contribution in [-0.2, 0) is 4.79 Å². The van der Waals surface area contributed by atoms with E-state index < -0.39 is 0 Å². The Hall–Kier alpha value is -2.43. The van der Waals surface area contributed by atoms with Gasteiger partial charge in [-0.25, -0.2) is 0 Å². The molecule has 0 saturated carbocycles. The molecule has 0 aromatic heterocycles. The summed E-state index contributed by atoms with van der Waals surface area (Å²) in [5.74, 6) is -0.0945. The highest BCUT2D eigenvalue weighted by Gasteiger charge is 2.22. The molecule has 0 radical (unpaired) electrons. The molecule has 1 saturated heterocycles. The molecule has 0 aliphatic carbocycles. The standard InChI is InChI=1S/C20H23N3O/c21-13-20(24)23-19-12-18(22-14-19)11-8-15-6-9-17(10-7-15)16-4-2-1-3-5-16/h1-11,18-19,22H,12-14,21H2,(H,23,24)/b11-8+. The predicted molar refractivity (Wildman–Crippen MR) is 98.3 cm³/mol. The van der Waals surface area contributed by atoms with Crippen LogP contribution in [0.3, 0.4) is 0 Å². The first kappa shape index (κ1) is 16.4. The molecule has 4 nitrogen and oxygen atoms in total. The van der Waals surface area contributed by atoms with Gasteiger partial charge in [0.1, 0.15) is 0 Å². The molecule has 24 heavy (non-hydrogen) atoms. The maximum absolute atomic E-state index is 11.3. The van der Waals surface area contributed by atoms with Gasteiger partial charge in [0.15, 0.2) is 0 Å². The smallest absolute Gasteiger partial charge is 0.233 e. The Balaban J connectivity index is 1.57. The zero-order valence-corrected chi connectivity index (χ0v) is 13.6. The lowest BCUT2D eigenvalue weighted by Gasteiger charge is -2.09. The van der Waals surface area contributed by atoms with Crippen molar-refractivity contribution in [3.8, 4) is 11.1 Å². The summed E-state index contributed by atoms with van der Waals surface area (Å²) in [5, 5.41) is 6.32. The van der Waals surface area contributed by atoms with Crippen molar-refractivity contribution in [3.05, 3.63) is 66.2 Å². The molecule has 3 rings (SSSR count). The summed E-state index contributed by atoms with van der Waals surface area (Å²) in [7, 11) is 0. The second-order valence-corrected chi connectivity index (χ2v) is 6.07. The fourth-order valence-corrected chi connectivity index (χ4v) is 2.95. The Labute approximate surface area is 142 Å². The first-order valence-corrected chi connectivity index (χ1v) is 8.31. The maximum Gasteiger partial charge on any atom is 0.233 e. The van der Waals surface area contributed by atoms with Gasteiger partial charge in [-0.15, -0.1) is 0 Å². The van der Waals surface area contributed by atoms with E-state index in [1.807, 2.05) is 6.07 Å². The number of carbonyl (C=O) groups is 1. The van der Waals surface area contributed by atoms with Crippen LogP contribution in [0.25, 0.3) is 17.2 Å².